The van der Waals surface area contributed by atoms with E-state index in [9.17, 15) is 13.2 Å². The van der Waals surface area contributed by atoms with E-state index >= 15 is 0 Å². The molecule has 1 fully saturated rings. The quantitative estimate of drug-likeness (QED) is 0.830. The summed E-state index contributed by atoms with van der Waals surface area (Å²) in [5.74, 6) is -0.215. The Bertz CT molecular complexity index is 392. The second-order valence-electron chi connectivity index (χ2n) is 5.07. The highest BCUT2D eigenvalue weighted by molar-refractivity contribution is 8.00. The molecule has 0 bridgehead atoms. The molecule has 0 saturated carbocycles. The Labute approximate surface area is 113 Å². The fourth-order valence-electron chi connectivity index (χ4n) is 1.81. The first-order valence-electron chi connectivity index (χ1n) is 6.06. The molecule has 7 heteroatoms. The van der Waals surface area contributed by atoms with Gasteiger partial charge in [-0.1, -0.05) is 13.8 Å². The zero-order valence-corrected chi connectivity index (χ0v) is 12.5. The largest absolute Gasteiger partial charge is 0.481 e. The first kappa shape index (κ1) is 15.8. The molecule has 1 aliphatic rings. The molecule has 1 N–H and O–H groups in total. The van der Waals surface area contributed by atoms with Gasteiger partial charge in [0.05, 0.1) is 5.75 Å². The molecule has 0 aromatic rings. The molecule has 0 amide bonds. The van der Waals surface area contributed by atoms with E-state index < -0.39 is 16.0 Å². The average Bonchev–Trinajstić information content (AvgIpc) is 2.38. The summed E-state index contributed by atoms with van der Waals surface area (Å²) in [6, 6.07) is 0. The van der Waals surface area contributed by atoms with Crippen molar-refractivity contribution in [3.8, 4) is 0 Å². The minimum absolute atomic E-state index is 0.0651. The van der Waals surface area contributed by atoms with E-state index in [4.69, 9.17) is 5.11 Å². The van der Waals surface area contributed by atoms with E-state index in [-0.39, 0.29) is 23.3 Å². The lowest BCUT2D eigenvalue weighted by Gasteiger charge is -2.22. The minimum Gasteiger partial charge on any atom is -0.481 e. The summed E-state index contributed by atoms with van der Waals surface area (Å²) in [4.78, 5) is 10.4. The van der Waals surface area contributed by atoms with Crippen molar-refractivity contribution in [2.45, 2.75) is 37.9 Å². The molecule has 0 spiro atoms. The van der Waals surface area contributed by atoms with Gasteiger partial charge in [-0.05, 0) is 12.8 Å². The summed E-state index contributed by atoms with van der Waals surface area (Å²) in [7, 11) is -3.30. The van der Waals surface area contributed by atoms with Crippen LogP contribution in [0.4, 0.5) is 0 Å². The Morgan fingerprint density at radius 2 is 2.06 bits per heavy atom. The van der Waals surface area contributed by atoms with Gasteiger partial charge >= 0.3 is 5.97 Å². The van der Waals surface area contributed by atoms with E-state index in [1.54, 1.807) is 11.8 Å². The first-order chi connectivity index (χ1) is 8.23. The first-order valence-corrected chi connectivity index (χ1v) is 8.66. The van der Waals surface area contributed by atoms with Crippen LogP contribution in [0.15, 0.2) is 0 Å². The van der Waals surface area contributed by atoms with E-state index in [0.29, 0.717) is 13.1 Å². The zero-order valence-electron chi connectivity index (χ0n) is 10.9. The molecule has 1 heterocycles. The summed E-state index contributed by atoms with van der Waals surface area (Å²) >= 11 is 1.79. The Balaban J connectivity index is 2.54. The molecular weight excluding hydrogens is 274 g/mol. The third-order valence-electron chi connectivity index (χ3n) is 2.98. The number of hydrogen-bond acceptors (Lipinski definition) is 4. The van der Waals surface area contributed by atoms with Crippen molar-refractivity contribution in [3.63, 3.8) is 0 Å². The van der Waals surface area contributed by atoms with Gasteiger partial charge in [0.2, 0.25) is 10.0 Å². The predicted molar refractivity (Wildman–Crippen MR) is 73.4 cm³/mol. The van der Waals surface area contributed by atoms with Gasteiger partial charge in [-0.25, -0.2) is 12.7 Å². The summed E-state index contributed by atoms with van der Waals surface area (Å²) in [6.07, 6.45) is 0.924. The second-order valence-corrected chi connectivity index (χ2v) is 8.96. The smallest absolute Gasteiger partial charge is 0.303 e. The van der Waals surface area contributed by atoms with Crippen molar-refractivity contribution in [1.29, 1.82) is 0 Å². The lowest BCUT2D eigenvalue weighted by atomic mass is 10.1. The summed E-state index contributed by atoms with van der Waals surface area (Å²) < 4.78 is 25.7. The van der Waals surface area contributed by atoms with Gasteiger partial charge in [0, 0.05) is 30.0 Å². The number of carboxylic acid groups (broad SMARTS) is 1. The maximum Gasteiger partial charge on any atom is 0.303 e. The Kier molecular flexibility index (Phi) is 5.48. The second kappa shape index (κ2) is 6.25. The standard InChI is InChI=1S/C11H21NO4S2/c1-11(2)5-6-12(7-8-17-11)18(15,16)9-3-4-10(13)14/h3-9H2,1-2H3,(H,13,14). The molecule has 5 nitrogen and oxygen atoms in total. The van der Waals surface area contributed by atoms with E-state index in [2.05, 4.69) is 13.8 Å². The molecule has 0 aromatic carbocycles. The van der Waals surface area contributed by atoms with Crippen LogP contribution in [0.5, 0.6) is 0 Å². The summed E-state index contributed by atoms with van der Waals surface area (Å²) in [6.45, 7) is 5.31. The Morgan fingerprint density at radius 1 is 1.39 bits per heavy atom. The van der Waals surface area contributed by atoms with Gasteiger partial charge in [0.25, 0.3) is 0 Å². The Hall–Kier alpha value is -0.270. The summed E-state index contributed by atoms with van der Waals surface area (Å²) in [5.41, 5.74) is 0. The zero-order chi connectivity index (χ0) is 13.8. The fraction of sp³-hybridized carbons (Fsp3) is 0.909. The lowest BCUT2D eigenvalue weighted by molar-refractivity contribution is -0.137. The molecule has 106 valence electrons. The van der Waals surface area contributed by atoms with Crippen LogP contribution in [-0.2, 0) is 14.8 Å². The van der Waals surface area contributed by atoms with Crippen LogP contribution in [0, 0.1) is 0 Å². The van der Waals surface area contributed by atoms with Crippen molar-refractivity contribution in [1.82, 2.24) is 4.31 Å². The number of carboxylic acids is 1. The van der Waals surface area contributed by atoms with Crippen LogP contribution in [0.2, 0.25) is 0 Å². The van der Waals surface area contributed by atoms with Gasteiger partial charge in [-0.2, -0.15) is 11.8 Å². The highest BCUT2D eigenvalue weighted by atomic mass is 32.2. The number of carbonyl (C=O) groups is 1. The number of sulfonamides is 1. The third kappa shape index (κ3) is 5.16. The van der Waals surface area contributed by atoms with Crippen molar-refractivity contribution >= 4 is 27.8 Å². The van der Waals surface area contributed by atoms with E-state index in [1.807, 2.05) is 0 Å². The van der Waals surface area contributed by atoms with Crippen LogP contribution in [0.1, 0.15) is 33.1 Å². The fourth-order valence-corrected chi connectivity index (χ4v) is 4.54. The predicted octanol–water partition coefficient (Wildman–Crippen LogP) is 1.40. The molecule has 0 atom stereocenters. The molecule has 0 aromatic heterocycles. The normalized spacial score (nSPS) is 21.4. The van der Waals surface area contributed by atoms with Gasteiger partial charge in [0.1, 0.15) is 0 Å². The molecule has 0 radical (unpaired) electrons. The molecule has 1 aliphatic heterocycles. The van der Waals surface area contributed by atoms with Crippen molar-refractivity contribution in [2.75, 3.05) is 24.6 Å². The average molecular weight is 295 g/mol. The molecule has 0 unspecified atom stereocenters. The number of aliphatic carboxylic acids is 1. The van der Waals surface area contributed by atoms with Crippen LogP contribution in [0.25, 0.3) is 0 Å². The molecular formula is C11H21NO4S2. The Morgan fingerprint density at radius 3 is 2.67 bits per heavy atom. The van der Waals surface area contributed by atoms with Crippen LogP contribution < -0.4 is 0 Å². The van der Waals surface area contributed by atoms with Gasteiger partial charge in [-0.15, -0.1) is 0 Å². The molecule has 1 rings (SSSR count). The lowest BCUT2D eigenvalue weighted by Crippen LogP contribution is -2.35. The maximum absolute atomic E-state index is 12.1. The highest BCUT2D eigenvalue weighted by Gasteiger charge is 2.29. The third-order valence-corrected chi connectivity index (χ3v) is 6.31. The monoisotopic (exact) mass is 295 g/mol. The van der Waals surface area contributed by atoms with Crippen molar-refractivity contribution in [3.05, 3.63) is 0 Å². The van der Waals surface area contributed by atoms with Gasteiger partial charge < -0.3 is 5.11 Å². The van der Waals surface area contributed by atoms with Crippen molar-refractivity contribution in [2.24, 2.45) is 0 Å². The topological polar surface area (TPSA) is 74.7 Å². The van der Waals surface area contributed by atoms with Crippen LogP contribution >= 0.6 is 11.8 Å². The molecule has 18 heavy (non-hydrogen) atoms. The molecule has 0 aliphatic carbocycles. The number of thioether (sulfide) groups is 1. The minimum atomic E-state index is -3.30. The van der Waals surface area contributed by atoms with Gasteiger partial charge in [0.15, 0.2) is 0 Å². The van der Waals surface area contributed by atoms with E-state index in [0.717, 1.165) is 12.2 Å². The number of nitrogens with zero attached hydrogens (tertiary/aromatic N) is 1. The molecule has 1 saturated heterocycles. The van der Waals surface area contributed by atoms with Gasteiger partial charge in [-0.3, -0.25) is 4.79 Å². The van der Waals surface area contributed by atoms with Crippen LogP contribution in [-0.4, -0.2) is 53.1 Å². The number of rotatable bonds is 5. The number of hydrogen-bond donors (Lipinski definition) is 1. The van der Waals surface area contributed by atoms with Crippen LogP contribution in [0.3, 0.4) is 0 Å². The maximum atomic E-state index is 12.1. The highest BCUT2D eigenvalue weighted by Crippen LogP contribution is 2.31. The van der Waals surface area contributed by atoms with E-state index in [1.165, 1.54) is 4.31 Å². The van der Waals surface area contributed by atoms with Crippen molar-refractivity contribution < 1.29 is 18.3 Å². The summed E-state index contributed by atoms with van der Waals surface area (Å²) in [5, 5.41) is 8.52. The SMILES string of the molecule is CC1(C)CCN(S(=O)(=O)CCCC(=O)O)CCS1.